The van der Waals surface area contributed by atoms with Crippen LogP contribution in [0.4, 0.5) is 10.3 Å². The highest BCUT2D eigenvalue weighted by atomic mass is 79.9. The fourth-order valence-electron chi connectivity index (χ4n) is 2.68. The van der Waals surface area contributed by atoms with Gasteiger partial charge in [-0.3, -0.25) is 10.1 Å². The fraction of sp³-hybridized carbons (Fsp3) is 0.0952. The van der Waals surface area contributed by atoms with E-state index < -0.39 is 5.91 Å². The molecule has 2 heterocycles. The molecule has 0 unspecified atom stereocenters. The van der Waals surface area contributed by atoms with Crippen LogP contribution in [0.3, 0.4) is 0 Å². The van der Waals surface area contributed by atoms with Crippen LogP contribution in [0.15, 0.2) is 75.9 Å². The monoisotopic (exact) mass is 470 g/mol. The number of nitrogens with one attached hydrogen (secondary N) is 1. The smallest absolute Gasteiger partial charge is 0.293 e. The molecule has 0 aliphatic rings. The van der Waals surface area contributed by atoms with Crippen molar-refractivity contribution in [2.45, 2.75) is 13.2 Å². The molecule has 0 spiro atoms. The molecule has 0 saturated carbocycles. The second kappa shape index (κ2) is 8.91. The topological polar surface area (TPSA) is 82.2 Å². The van der Waals surface area contributed by atoms with Gasteiger partial charge in [-0.05, 0) is 46.3 Å². The third-order valence-corrected chi connectivity index (χ3v) is 4.80. The Balaban J connectivity index is 1.35. The number of anilines is 1. The Labute approximate surface area is 179 Å². The molecule has 2 aromatic carbocycles. The standard InChI is InChI=1S/C21H16BrFN4O3/c22-16-6-2-4-8-18(16)29-12-15-9-10-19(30-15)20(28)25-21-24-13-27(26-21)11-14-5-1-3-7-17(14)23/h1-10,13H,11-12H2,(H,25,26,28). The minimum atomic E-state index is -0.495. The third-order valence-electron chi connectivity index (χ3n) is 4.14. The van der Waals surface area contributed by atoms with Crippen molar-refractivity contribution in [1.29, 1.82) is 0 Å². The van der Waals surface area contributed by atoms with Gasteiger partial charge in [0.25, 0.3) is 5.91 Å². The summed E-state index contributed by atoms with van der Waals surface area (Å²) in [5.74, 6) is 0.542. The van der Waals surface area contributed by atoms with Crippen molar-refractivity contribution in [2.24, 2.45) is 0 Å². The van der Waals surface area contributed by atoms with Gasteiger partial charge in [0.2, 0.25) is 5.95 Å². The van der Waals surface area contributed by atoms with Gasteiger partial charge >= 0.3 is 0 Å². The predicted octanol–water partition coefficient (Wildman–Crippen LogP) is 4.65. The summed E-state index contributed by atoms with van der Waals surface area (Å²) in [6.45, 7) is 0.373. The number of para-hydroxylation sites is 1. The molecule has 0 aliphatic carbocycles. The Morgan fingerprint density at radius 3 is 2.77 bits per heavy atom. The molecule has 2 aromatic heterocycles. The van der Waals surface area contributed by atoms with E-state index in [9.17, 15) is 9.18 Å². The lowest BCUT2D eigenvalue weighted by Crippen LogP contribution is -2.12. The van der Waals surface area contributed by atoms with Gasteiger partial charge in [-0.25, -0.2) is 14.1 Å². The van der Waals surface area contributed by atoms with Gasteiger partial charge < -0.3 is 9.15 Å². The van der Waals surface area contributed by atoms with E-state index in [4.69, 9.17) is 9.15 Å². The molecule has 0 aliphatic heterocycles. The van der Waals surface area contributed by atoms with E-state index in [1.807, 2.05) is 24.3 Å². The lowest BCUT2D eigenvalue weighted by molar-refractivity contribution is 0.0991. The maximum atomic E-state index is 13.8. The molecule has 30 heavy (non-hydrogen) atoms. The zero-order chi connectivity index (χ0) is 20.9. The summed E-state index contributed by atoms with van der Waals surface area (Å²) in [5, 5.41) is 6.70. The van der Waals surface area contributed by atoms with Crippen LogP contribution in [0, 0.1) is 5.82 Å². The number of halogens is 2. The van der Waals surface area contributed by atoms with E-state index in [1.54, 1.807) is 30.3 Å². The second-order valence-corrected chi connectivity index (χ2v) is 7.15. The molecule has 4 rings (SSSR count). The number of rotatable bonds is 7. The summed E-state index contributed by atoms with van der Waals surface area (Å²) in [6.07, 6.45) is 1.42. The lowest BCUT2D eigenvalue weighted by Gasteiger charge is -2.05. The van der Waals surface area contributed by atoms with Crippen LogP contribution >= 0.6 is 15.9 Å². The first-order valence-electron chi connectivity index (χ1n) is 8.99. The minimum absolute atomic E-state index is 0.0961. The van der Waals surface area contributed by atoms with Crippen LogP contribution in [0.5, 0.6) is 5.75 Å². The first kappa shape index (κ1) is 19.8. The minimum Gasteiger partial charge on any atom is -0.484 e. The highest BCUT2D eigenvalue weighted by molar-refractivity contribution is 9.10. The third kappa shape index (κ3) is 4.74. The Morgan fingerprint density at radius 1 is 1.13 bits per heavy atom. The van der Waals surface area contributed by atoms with Gasteiger partial charge in [-0.1, -0.05) is 30.3 Å². The van der Waals surface area contributed by atoms with Crippen LogP contribution < -0.4 is 10.1 Å². The number of furan rings is 1. The summed E-state index contributed by atoms with van der Waals surface area (Å²) in [4.78, 5) is 16.4. The quantitative estimate of drug-likeness (QED) is 0.424. The van der Waals surface area contributed by atoms with Gasteiger partial charge in [0.05, 0.1) is 11.0 Å². The summed E-state index contributed by atoms with van der Waals surface area (Å²) < 4.78 is 27.2. The van der Waals surface area contributed by atoms with Crippen molar-refractivity contribution in [1.82, 2.24) is 14.8 Å². The molecular weight excluding hydrogens is 455 g/mol. The molecule has 1 amide bonds. The van der Waals surface area contributed by atoms with Crippen molar-refractivity contribution in [3.05, 3.63) is 94.4 Å². The second-order valence-electron chi connectivity index (χ2n) is 6.30. The number of nitrogens with zero attached hydrogens (tertiary/aromatic N) is 3. The molecule has 4 aromatic rings. The molecule has 0 radical (unpaired) electrons. The molecule has 152 valence electrons. The van der Waals surface area contributed by atoms with Crippen LogP contribution in [-0.2, 0) is 13.2 Å². The zero-order valence-corrected chi connectivity index (χ0v) is 17.2. The van der Waals surface area contributed by atoms with Crippen LogP contribution in [0.25, 0.3) is 0 Å². The summed E-state index contributed by atoms with van der Waals surface area (Å²) >= 11 is 3.41. The summed E-state index contributed by atoms with van der Waals surface area (Å²) in [5.41, 5.74) is 0.473. The summed E-state index contributed by atoms with van der Waals surface area (Å²) in [7, 11) is 0. The molecular formula is C21H16BrFN4O3. The van der Waals surface area contributed by atoms with Gasteiger partial charge in [0, 0.05) is 5.56 Å². The van der Waals surface area contributed by atoms with E-state index in [0.717, 1.165) is 4.47 Å². The predicted molar refractivity (Wildman–Crippen MR) is 111 cm³/mol. The van der Waals surface area contributed by atoms with Gasteiger partial charge in [-0.2, -0.15) is 0 Å². The molecule has 0 atom stereocenters. The molecule has 7 nitrogen and oxygen atoms in total. The maximum absolute atomic E-state index is 13.8. The number of carbonyl (C=O) groups is 1. The van der Waals surface area contributed by atoms with E-state index in [-0.39, 0.29) is 30.7 Å². The number of benzene rings is 2. The fourth-order valence-corrected chi connectivity index (χ4v) is 3.08. The highest BCUT2D eigenvalue weighted by Gasteiger charge is 2.14. The molecule has 0 bridgehead atoms. The van der Waals surface area contributed by atoms with Gasteiger partial charge in [0.1, 0.15) is 30.3 Å². The van der Waals surface area contributed by atoms with E-state index >= 15 is 0 Å². The molecule has 1 N–H and O–H groups in total. The van der Waals surface area contributed by atoms with Gasteiger partial charge in [0.15, 0.2) is 5.76 Å². The average Bonchev–Trinajstić information content (AvgIpc) is 3.39. The van der Waals surface area contributed by atoms with Crippen LogP contribution in [0.2, 0.25) is 0 Å². The average molecular weight is 471 g/mol. The number of hydrogen-bond acceptors (Lipinski definition) is 5. The van der Waals surface area contributed by atoms with Crippen LogP contribution in [-0.4, -0.2) is 20.7 Å². The first-order chi connectivity index (χ1) is 14.6. The van der Waals surface area contributed by atoms with E-state index in [0.29, 0.717) is 17.1 Å². The normalized spacial score (nSPS) is 10.7. The highest BCUT2D eigenvalue weighted by Crippen LogP contribution is 2.25. The molecule has 0 fully saturated rings. The summed E-state index contributed by atoms with van der Waals surface area (Å²) in [6, 6.07) is 17.1. The van der Waals surface area contributed by atoms with E-state index in [1.165, 1.54) is 17.1 Å². The number of aromatic nitrogens is 3. The maximum Gasteiger partial charge on any atom is 0.293 e. The largest absolute Gasteiger partial charge is 0.484 e. The number of carbonyl (C=O) groups excluding carboxylic acids is 1. The first-order valence-corrected chi connectivity index (χ1v) is 9.78. The lowest BCUT2D eigenvalue weighted by atomic mass is 10.2. The Bertz CT molecular complexity index is 1170. The Kier molecular flexibility index (Phi) is 5.89. The Hall–Kier alpha value is -3.46. The van der Waals surface area contributed by atoms with Crippen molar-refractivity contribution in [3.8, 4) is 5.75 Å². The van der Waals surface area contributed by atoms with Crippen molar-refractivity contribution in [2.75, 3.05) is 5.32 Å². The van der Waals surface area contributed by atoms with Gasteiger partial charge in [-0.15, -0.1) is 5.10 Å². The molecule has 0 saturated heterocycles. The molecule has 9 heteroatoms. The van der Waals surface area contributed by atoms with Crippen LogP contribution in [0.1, 0.15) is 21.9 Å². The zero-order valence-electron chi connectivity index (χ0n) is 15.6. The van der Waals surface area contributed by atoms with Crippen molar-refractivity contribution >= 4 is 27.8 Å². The number of amides is 1. The Morgan fingerprint density at radius 2 is 1.93 bits per heavy atom. The number of ether oxygens (including phenoxy) is 1. The number of hydrogen-bond donors (Lipinski definition) is 1. The van der Waals surface area contributed by atoms with Crippen molar-refractivity contribution in [3.63, 3.8) is 0 Å². The SMILES string of the molecule is O=C(Nc1ncn(Cc2ccccc2F)n1)c1ccc(COc2ccccc2Br)o1. The van der Waals surface area contributed by atoms with E-state index in [2.05, 4.69) is 31.3 Å². The van der Waals surface area contributed by atoms with Crippen molar-refractivity contribution < 1.29 is 18.3 Å².